The summed E-state index contributed by atoms with van der Waals surface area (Å²) in [6, 6.07) is 13.3. The van der Waals surface area contributed by atoms with Crippen molar-refractivity contribution in [1.82, 2.24) is 0 Å². The molecule has 1 unspecified atom stereocenters. The molecule has 0 bridgehead atoms. The predicted octanol–water partition coefficient (Wildman–Crippen LogP) is 6.26. The van der Waals surface area contributed by atoms with Gasteiger partial charge in [0.25, 0.3) is 0 Å². The fourth-order valence-electron chi connectivity index (χ4n) is 3.27. The van der Waals surface area contributed by atoms with Crippen molar-refractivity contribution >= 4 is 22.0 Å². The van der Waals surface area contributed by atoms with E-state index in [0.29, 0.717) is 5.92 Å². The molecule has 0 fully saturated rings. The van der Waals surface area contributed by atoms with Gasteiger partial charge in [-0.25, -0.2) is 0 Å². The fraction of sp³-hybridized carbons (Fsp3) is 0.300. The Labute approximate surface area is 136 Å². The van der Waals surface area contributed by atoms with Gasteiger partial charge in [-0.05, 0) is 53.6 Å². The normalized spacial score (nSPS) is 16.2. The highest BCUT2D eigenvalue weighted by Crippen LogP contribution is 2.41. The average Bonchev–Trinajstić information content (AvgIpc) is 2.94. The van der Waals surface area contributed by atoms with Gasteiger partial charge in [0, 0.05) is 10.4 Å². The van der Waals surface area contributed by atoms with Crippen molar-refractivity contribution in [2.24, 2.45) is 0 Å². The Balaban J connectivity index is 2.05. The number of hydrogen-bond donors (Lipinski definition) is 0. The molecule has 0 radical (unpaired) electrons. The van der Waals surface area contributed by atoms with Gasteiger partial charge in [-0.3, -0.25) is 0 Å². The minimum atomic E-state index is 0.408. The summed E-state index contributed by atoms with van der Waals surface area (Å²) >= 11 is 3.68. The van der Waals surface area contributed by atoms with E-state index in [2.05, 4.69) is 78.3 Å². The van der Waals surface area contributed by atoms with E-state index >= 15 is 0 Å². The van der Waals surface area contributed by atoms with Crippen LogP contribution in [0.5, 0.6) is 0 Å². The Bertz CT molecular complexity index is 682. The van der Waals surface area contributed by atoms with Gasteiger partial charge in [-0.1, -0.05) is 71.8 Å². The van der Waals surface area contributed by atoms with E-state index in [1.807, 2.05) is 0 Å². The maximum absolute atomic E-state index is 3.68. The van der Waals surface area contributed by atoms with E-state index < -0.39 is 0 Å². The van der Waals surface area contributed by atoms with E-state index in [9.17, 15) is 0 Å². The maximum atomic E-state index is 3.68. The Hall–Kier alpha value is -1.34. The summed E-state index contributed by atoms with van der Waals surface area (Å²) < 4.78 is 1.21. The van der Waals surface area contributed by atoms with Crippen LogP contribution in [0.15, 0.2) is 46.9 Å². The van der Waals surface area contributed by atoms with Crippen molar-refractivity contribution in [3.05, 3.63) is 74.8 Å². The Morgan fingerprint density at radius 2 is 1.90 bits per heavy atom. The molecule has 0 nitrogen and oxygen atoms in total. The Morgan fingerprint density at radius 3 is 2.71 bits per heavy atom. The maximum Gasteiger partial charge on any atom is 0.0284 e. The number of allylic oxidation sites excluding steroid dienone is 1. The lowest BCUT2D eigenvalue weighted by atomic mass is 9.86. The third-order valence-corrected chi connectivity index (χ3v) is 5.31. The molecule has 0 heterocycles. The first-order valence-corrected chi connectivity index (χ1v) is 8.56. The van der Waals surface area contributed by atoms with Gasteiger partial charge in [0.05, 0.1) is 0 Å². The number of benzene rings is 2. The van der Waals surface area contributed by atoms with E-state index in [1.165, 1.54) is 51.6 Å². The molecule has 108 valence electrons. The number of hydrogen-bond acceptors (Lipinski definition) is 0. The topological polar surface area (TPSA) is 0 Å². The number of rotatable bonds is 4. The molecule has 0 amide bonds. The van der Waals surface area contributed by atoms with Gasteiger partial charge in [-0.15, -0.1) is 0 Å². The van der Waals surface area contributed by atoms with Crippen LogP contribution in [0, 0.1) is 6.92 Å². The van der Waals surface area contributed by atoms with Crippen LogP contribution >= 0.6 is 15.9 Å². The summed E-state index contributed by atoms with van der Waals surface area (Å²) in [4.78, 5) is 0. The van der Waals surface area contributed by atoms with E-state index in [0.717, 1.165) is 0 Å². The second kappa shape index (κ2) is 6.19. The van der Waals surface area contributed by atoms with Gasteiger partial charge in [0.15, 0.2) is 0 Å². The van der Waals surface area contributed by atoms with Gasteiger partial charge < -0.3 is 0 Å². The highest BCUT2D eigenvalue weighted by Gasteiger charge is 2.23. The van der Waals surface area contributed by atoms with Crippen molar-refractivity contribution in [2.75, 3.05) is 0 Å². The first kappa shape index (κ1) is 14.6. The molecule has 0 aromatic heterocycles. The highest BCUT2D eigenvalue weighted by molar-refractivity contribution is 9.10. The SMILES string of the molecule is CCCCc1ccccc1C1C=Cc2ccc(Br)c(C)c21. The third kappa shape index (κ3) is 2.72. The minimum absolute atomic E-state index is 0.408. The number of halogens is 1. The molecule has 1 atom stereocenters. The summed E-state index contributed by atoms with van der Waals surface area (Å²) in [5.41, 5.74) is 7.18. The summed E-state index contributed by atoms with van der Waals surface area (Å²) in [6.45, 7) is 4.48. The lowest BCUT2D eigenvalue weighted by molar-refractivity contribution is 0.784. The quantitative estimate of drug-likeness (QED) is 0.616. The van der Waals surface area contributed by atoms with Crippen LogP contribution in [0.25, 0.3) is 6.08 Å². The molecule has 1 aliphatic rings. The molecule has 2 aromatic carbocycles. The van der Waals surface area contributed by atoms with E-state index in [-0.39, 0.29) is 0 Å². The van der Waals surface area contributed by atoms with Crippen LogP contribution in [-0.2, 0) is 6.42 Å². The Kier molecular flexibility index (Phi) is 4.30. The van der Waals surface area contributed by atoms with E-state index in [4.69, 9.17) is 0 Å². The second-order valence-electron chi connectivity index (χ2n) is 5.81. The summed E-state index contributed by atoms with van der Waals surface area (Å²) in [5, 5.41) is 0. The summed E-state index contributed by atoms with van der Waals surface area (Å²) in [5.74, 6) is 0.408. The molecule has 0 saturated heterocycles. The molecular formula is C20H21Br. The molecule has 1 heteroatoms. The number of unbranched alkanes of at least 4 members (excludes halogenated alkanes) is 1. The fourth-order valence-corrected chi connectivity index (χ4v) is 3.61. The van der Waals surface area contributed by atoms with Crippen molar-refractivity contribution in [3.8, 4) is 0 Å². The van der Waals surface area contributed by atoms with Crippen molar-refractivity contribution in [1.29, 1.82) is 0 Å². The monoisotopic (exact) mass is 340 g/mol. The highest BCUT2D eigenvalue weighted by atomic mass is 79.9. The predicted molar refractivity (Wildman–Crippen MR) is 94.8 cm³/mol. The van der Waals surface area contributed by atoms with E-state index in [1.54, 1.807) is 0 Å². The molecule has 2 aromatic rings. The van der Waals surface area contributed by atoms with Crippen LogP contribution in [0.1, 0.15) is 53.5 Å². The second-order valence-corrected chi connectivity index (χ2v) is 6.67. The molecule has 3 rings (SSSR count). The minimum Gasteiger partial charge on any atom is -0.0720 e. The van der Waals surface area contributed by atoms with Crippen LogP contribution in [0.4, 0.5) is 0 Å². The molecule has 0 N–H and O–H groups in total. The zero-order valence-electron chi connectivity index (χ0n) is 12.7. The smallest absolute Gasteiger partial charge is 0.0284 e. The summed E-state index contributed by atoms with van der Waals surface area (Å²) in [6.07, 6.45) is 8.32. The molecule has 0 saturated carbocycles. The van der Waals surface area contributed by atoms with Gasteiger partial charge in [0.1, 0.15) is 0 Å². The largest absolute Gasteiger partial charge is 0.0720 e. The molecule has 0 aliphatic heterocycles. The standard InChI is InChI=1S/C20H21Br/c1-3-4-7-15-8-5-6-9-17(15)18-12-10-16-11-13-19(21)14(2)20(16)18/h5-6,8-13,18H,3-4,7H2,1-2H3. The Morgan fingerprint density at radius 1 is 1.10 bits per heavy atom. The van der Waals surface area contributed by atoms with Gasteiger partial charge >= 0.3 is 0 Å². The lowest BCUT2D eigenvalue weighted by Gasteiger charge is -2.19. The first-order valence-electron chi connectivity index (χ1n) is 7.77. The van der Waals surface area contributed by atoms with Crippen LogP contribution in [0.2, 0.25) is 0 Å². The molecular weight excluding hydrogens is 320 g/mol. The number of fused-ring (bicyclic) bond motifs is 1. The zero-order valence-corrected chi connectivity index (χ0v) is 14.3. The molecule has 21 heavy (non-hydrogen) atoms. The van der Waals surface area contributed by atoms with Crippen LogP contribution in [-0.4, -0.2) is 0 Å². The van der Waals surface area contributed by atoms with Crippen molar-refractivity contribution in [2.45, 2.75) is 39.0 Å². The third-order valence-electron chi connectivity index (χ3n) is 4.45. The molecule has 1 aliphatic carbocycles. The zero-order chi connectivity index (χ0) is 14.8. The first-order chi connectivity index (χ1) is 10.2. The van der Waals surface area contributed by atoms with Gasteiger partial charge in [0.2, 0.25) is 0 Å². The van der Waals surface area contributed by atoms with Gasteiger partial charge in [-0.2, -0.15) is 0 Å². The van der Waals surface area contributed by atoms with Crippen LogP contribution in [0.3, 0.4) is 0 Å². The number of aryl methyl sites for hydroxylation is 1. The van der Waals surface area contributed by atoms with Crippen LogP contribution < -0.4 is 0 Å². The van der Waals surface area contributed by atoms with Crippen molar-refractivity contribution < 1.29 is 0 Å². The average molecular weight is 341 g/mol. The summed E-state index contributed by atoms with van der Waals surface area (Å²) in [7, 11) is 0. The van der Waals surface area contributed by atoms with Crippen molar-refractivity contribution in [3.63, 3.8) is 0 Å². The molecule has 0 spiro atoms. The lowest BCUT2D eigenvalue weighted by Crippen LogP contribution is -2.03.